The van der Waals surface area contributed by atoms with Crippen LogP contribution in [-0.2, 0) is 19.6 Å². The predicted molar refractivity (Wildman–Crippen MR) is 107 cm³/mol. The van der Waals surface area contributed by atoms with Crippen LogP contribution in [-0.4, -0.2) is 40.6 Å². The summed E-state index contributed by atoms with van der Waals surface area (Å²) in [5.41, 5.74) is 2.81. The molecule has 7 nitrogen and oxygen atoms in total. The largest absolute Gasteiger partial charge is 0.378 e. The van der Waals surface area contributed by atoms with Crippen molar-refractivity contribution >= 4 is 27.3 Å². The van der Waals surface area contributed by atoms with E-state index in [2.05, 4.69) is 10.2 Å². The number of morpholine rings is 1. The molecule has 1 saturated heterocycles. The fourth-order valence-electron chi connectivity index (χ4n) is 3.59. The van der Waals surface area contributed by atoms with Gasteiger partial charge in [-0.25, -0.2) is 13.6 Å². The lowest BCUT2D eigenvalue weighted by atomic mass is 10.1. The Morgan fingerprint density at radius 2 is 1.82 bits per heavy atom. The Morgan fingerprint density at radius 1 is 1.11 bits per heavy atom. The molecule has 1 aliphatic heterocycles. The number of anilines is 2. The number of sulfonamides is 1. The molecule has 0 bridgehead atoms. The highest BCUT2D eigenvalue weighted by Gasteiger charge is 2.44. The summed E-state index contributed by atoms with van der Waals surface area (Å²) in [6.07, 6.45) is 0.754. The Kier molecular flexibility index (Phi) is 5.09. The van der Waals surface area contributed by atoms with Crippen molar-refractivity contribution in [2.75, 3.05) is 36.5 Å². The maximum Gasteiger partial charge on any atom is 0.238 e. The molecule has 3 N–H and O–H groups in total. The van der Waals surface area contributed by atoms with E-state index in [1.807, 2.05) is 24.3 Å². The van der Waals surface area contributed by atoms with E-state index in [1.165, 1.54) is 12.1 Å². The number of benzene rings is 2. The van der Waals surface area contributed by atoms with Crippen molar-refractivity contribution in [3.05, 3.63) is 54.1 Å². The summed E-state index contributed by atoms with van der Waals surface area (Å²) in [5.74, 6) is -0.0102. The van der Waals surface area contributed by atoms with Gasteiger partial charge in [0.2, 0.25) is 15.9 Å². The number of rotatable bonds is 5. The second-order valence-corrected chi connectivity index (χ2v) is 8.76. The van der Waals surface area contributed by atoms with Crippen molar-refractivity contribution in [2.45, 2.75) is 17.2 Å². The maximum atomic E-state index is 12.6. The molecule has 0 spiro atoms. The first-order chi connectivity index (χ1) is 13.4. The Balaban J connectivity index is 1.39. The Bertz CT molecular complexity index is 969. The lowest BCUT2D eigenvalue weighted by Gasteiger charge is -2.29. The third-order valence-corrected chi connectivity index (χ3v) is 6.18. The van der Waals surface area contributed by atoms with Crippen LogP contribution in [0.25, 0.3) is 0 Å². The monoisotopic (exact) mass is 401 g/mol. The number of carbonyl (C=O) groups is 1. The van der Waals surface area contributed by atoms with Gasteiger partial charge < -0.3 is 15.0 Å². The third-order valence-electron chi connectivity index (χ3n) is 5.25. The summed E-state index contributed by atoms with van der Waals surface area (Å²) >= 11 is 0. The number of nitrogens with one attached hydrogen (secondary N) is 1. The first-order valence-corrected chi connectivity index (χ1v) is 10.8. The van der Waals surface area contributed by atoms with E-state index in [0.717, 1.165) is 36.4 Å². The standard InChI is InChI=1S/C20H23N3O4S/c21-28(25,26)17-6-4-14(5-7-17)18-13-19(18)20(24)22-15-2-1-3-16(12-15)23-8-10-27-11-9-23/h1-7,12,18-19H,8-11,13H2,(H,22,24)(H2,21,25,26). The van der Waals surface area contributed by atoms with Gasteiger partial charge in [-0.2, -0.15) is 0 Å². The summed E-state index contributed by atoms with van der Waals surface area (Å²) in [7, 11) is -3.70. The van der Waals surface area contributed by atoms with Gasteiger partial charge in [0, 0.05) is 30.4 Å². The maximum absolute atomic E-state index is 12.6. The molecule has 0 radical (unpaired) electrons. The van der Waals surface area contributed by atoms with Crippen LogP contribution in [0, 0.1) is 5.92 Å². The Morgan fingerprint density at radius 3 is 2.50 bits per heavy atom. The molecular weight excluding hydrogens is 378 g/mol. The van der Waals surface area contributed by atoms with Crippen LogP contribution in [0.1, 0.15) is 17.9 Å². The highest BCUT2D eigenvalue weighted by molar-refractivity contribution is 7.89. The average Bonchev–Trinajstić information content (AvgIpc) is 3.49. The van der Waals surface area contributed by atoms with E-state index in [0.29, 0.717) is 13.2 Å². The number of hydrogen-bond donors (Lipinski definition) is 2. The van der Waals surface area contributed by atoms with Gasteiger partial charge in [0.15, 0.2) is 0 Å². The first-order valence-electron chi connectivity index (χ1n) is 9.28. The van der Waals surface area contributed by atoms with Gasteiger partial charge in [0.05, 0.1) is 18.1 Å². The quantitative estimate of drug-likeness (QED) is 0.797. The highest BCUT2D eigenvalue weighted by Crippen LogP contribution is 2.48. The molecule has 28 heavy (non-hydrogen) atoms. The fourth-order valence-corrected chi connectivity index (χ4v) is 4.11. The normalized spacial score (nSPS) is 22.0. The third kappa shape index (κ3) is 4.19. The van der Waals surface area contributed by atoms with E-state index in [1.54, 1.807) is 12.1 Å². The number of carbonyl (C=O) groups excluding carboxylic acids is 1. The van der Waals surface area contributed by atoms with Crippen LogP contribution in [0.5, 0.6) is 0 Å². The molecule has 2 unspecified atom stereocenters. The lowest BCUT2D eigenvalue weighted by Crippen LogP contribution is -2.36. The van der Waals surface area contributed by atoms with Gasteiger partial charge in [0.1, 0.15) is 0 Å². The van der Waals surface area contributed by atoms with Crippen LogP contribution in [0.4, 0.5) is 11.4 Å². The molecule has 2 aromatic carbocycles. The number of nitrogens with zero attached hydrogens (tertiary/aromatic N) is 1. The second kappa shape index (κ2) is 7.54. The molecule has 2 aromatic rings. The van der Waals surface area contributed by atoms with Gasteiger partial charge in [-0.3, -0.25) is 4.79 Å². The molecule has 2 fully saturated rings. The second-order valence-electron chi connectivity index (χ2n) is 7.20. The molecule has 0 aromatic heterocycles. The Labute approximate surface area is 164 Å². The van der Waals surface area contributed by atoms with Crippen LogP contribution in [0.2, 0.25) is 0 Å². The molecule has 148 valence electrons. The molecule has 2 atom stereocenters. The van der Waals surface area contributed by atoms with Gasteiger partial charge in [-0.1, -0.05) is 18.2 Å². The molecule has 4 rings (SSSR count). The molecule has 1 aliphatic carbocycles. The van der Waals surface area contributed by atoms with Crippen molar-refractivity contribution < 1.29 is 17.9 Å². The van der Waals surface area contributed by atoms with Crippen LogP contribution in [0.3, 0.4) is 0 Å². The van der Waals surface area contributed by atoms with E-state index in [9.17, 15) is 13.2 Å². The molecule has 2 aliphatic rings. The minimum Gasteiger partial charge on any atom is -0.378 e. The van der Waals surface area contributed by atoms with Crippen molar-refractivity contribution in [2.24, 2.45) is 11.1 Å². The number of nitrogens with two attached hydrogens (primary N) is 1. The number of ether oxygens (including phenoxy) is 1. The summed E-state index contributed by atoms with van der Waals surface area (Å²) < 4.78 is 28.1. The zero-order valence-electron chi connectivity index (χ0n) is 15.4. The Hall–Kier alpha value is -2.42. The van der Waals surface area contributed by atoms with Crippen LogP contribution >= 0.6 is 0 Å². The van der Waals surface area contributed by atoms with E-state index in [-0.39, 0.29) is 22.6 Å². The topological polar surface area (TPSA) is 102 Å². The molecule has 1 saturated carbocycles. The van der Waals surface area contributed by atoms with Gasteiger partial charge in [-0.15, -0.1) is 0 Å². The fraction of sp³-hybridized carbons (Fsp3) is 0.350. The van der Waals surface area contributed by atoms with Crippen molar-refractivity contribution in [3.8, 4) is 0 Å². The van der Waals surface area contributed by atoms with E-state index in [4.69, 9.17) is 9.88 Å². The highest BCUT2D eigenvalue weighted by atomic mass is 32.2. The SMILES string of the molecule is NS(=O)(=O)c1ccc(C2CC2C(=O)Nc2cccc(N3CCOCC3)c2)cc1. The molecule has 8 heteroatoms. The van der Waals surface area contributed by atoms with Crippen molar-refractivity contribution in [1.29, 1.82) is 0 Å². The van der Waals surface area contributed by atoms with E-state index >= 15 is 0 Å². The van der Waals surface area contributed by atoms with Crippen LogP contribution < -0.4 is 15.4 Å². The minimum atomic E-state index is -3.70. The number of hydrogen-bond acceptors (Lipinski definition) is 5. The van der Waals surface area contributed by atoms with Crippen LogP contribution in [0.15, 0.2) is 53.4 Å². The van der Waals surface area contributed by atoms with Crippen molar-refractivity contribution in [1.82, 2.24) is 0 Å². The van der Waals surface area contributed by atoms with Gasteiger partial charge >= 0.3 is 0 Å². The molecule has 1 amide bonds. The zero-order chi connectivity index (χ0) is 19.7. The first kappa shape index (κ1) is 18.9. The predicted octanol–water partition coefficient (Wildman–Crippen LogP) is 1.91. The average molecular weight is 401 g/mol. The number of primary sulfonamides is 1. The van der Waals surface area contributed by atoms with Crippen molar-refractivity contribution in [3.63, 3.8) is 0 Å². The van der Waals surface area contributed by atoms with Gasteiger partial charge in [-0.05, 0) is 48.2 Å². The smallest absolute Gasteiger partial charge is 0.238 e. The zero-order valence-corrected chi connectivity index (χ0v) is 16.2. The number of amides is 1. The summed E-state index contributed by atoms with van der Waals surface area (Å²) in [4.78, 5) is 14.9. The lowest BCUT2D eigenvalue weighted by molar-refractivity contribution is -0.117. The molecule has 1 heterocycles. The summed E-state index contributed by atoms with van der Waals surface area (Å²) in [6, 6.07) is 14.3. The minimum absolute atomic E-state index is 0.0142. The summed E-state index contributed by atoms with van der Waals surface area (Å²) in [5, 5.41) is 8.13. The van der Waals surface area contributed by atoms with E-state index < -0.39 is 10.0 Å². The summed E-state index contributed by atoms with van der Waals surface area (Å²) in [6.45, 7) is 3.11. The molecular formula is C20H23N3O4S. The van der Waals surface area contributed by atoms with Gasteiger partial charge in [0.25, 0.3) is 0 Å².